The molecule has 0 fully saturated rings. The highest BCUT2D eigenvalue weighted by atomic mass is 31.2. The number of unbranched alkanes of at least 4 members (excludes halogenated alkanes) is 57. The van der Waals surface area contributed by atoms with Gasteiger partial charge in [-0.05, 0) is 25.7 Å². The van der Waals surface area contributed by atoms with Crippen molar-refractivity contribution in [1.29, 1.82) is 0 Å². The third kappa shape index (κ3) is 76.1. The largest absolute Gasteiger partial charge is 0.472 e. The Morgan fingerprint density at radius 2 is 0.396 bits per heavy atom. The molecule has 0 aliphatic rings. The molecule has 0 aromatic rings. The molecule has 0 aromatic heterocycles. The lowest BCUT2D eigenvalue weighted by atomic mass is 10.0. The smallest absolute Gasteiger partial charge is 0.462 e. The molecule has 19 heteroatoms. The zero-order valence-corrected chi connectivity index (χ0v) is 67.7. The highest BCUT2D eigenvalue weighted by Crippen LogP contribution is 2.45. The van der Waals surface area contributed by atoms with E-state index in [0.717, 1.165) is 96.3 Å². The quantitative estimate of drug-likeness (QED) is 0.0222. The fraction of sp³-hybridized carbons (Fsp3) is 0.951. The molecule has 0 amide bonds. The van der Waals surface area contributed by atoms with Crippen molar-refractivity contribution in [3.8, 4) is 0 Å². The SMILES string of the molecule is CCCCCCCCCCCCCCCCCCCCCCCCC(=O)O[C@H](COC(=O)CCCCCCCCCCCCCCCCCCCCCCC)COP(=O)(O)OC[C@@H](O)COP(=O)(O)OC[C@@H](COC(=O)CCCCCCC)OC(=O)CCCCCCCCCCCCCCC. The van der Waals surface area contributed by atoms with Crippen LogP contribution >= 0.6 is 15.6 Å². The number of carbonyl (C=O) groups is 4. The molecule has 600 valence electrons. The molecule has 0 spiro atoms. The van der Waals surface area contributed by atoms with E-state index in [1.165, 1.54) is 270 Å². The Hall–Kier alpha value is -1.94. The highest BCUT2D eigenvalue weighted by molar-refractivity contribution is 7.47. The van der Waals surface area contributed by atoms with Crippen LogP contribution in [0.5, 0.6) is 0 Å². The second kappa shape index (κ2) is 76.3. The van der Waals surface area contributed by atoms with Crippen LogP contribution in [0.1, 0.15) is 445 Å². The van der Waals surface area contributed by atoms with Gasteiger partial charge in [-0.3, -0.25) is 37.3 Å². The normalized spacial score (nSPS) is 13.8. The molecule has 0 aliphatic heterocycles. The van der Waals surface area contributed by atoms with Crippen molar-refractivity contribution in [2.75, 3.05) is 39.6 Å². The highest BCUT2D eigenvalue weighted by Gasteiger charge is 2.30. The first kappa shape index (κ1) is 99.1. The minimum Gasteiger partial charge on any atom is -0.462 e. The Balaban J connectivity index is 5.09. The molecular formula is C82H160O17P2. The number of aliphatic hydroxyl groups excluding tert-OH is 1. The zero-order chi connectivity index (χ0) is 73.9. The van der Waals surface area contributed by atoms with Gasteiger partial charge in [-0.1, -0.05) is 394 Å². The first-order valence-corrected chi connectivity index (χ1v) is 45.8. The molecule has 2 unspecified atom stereocenters. The fourth-order valence-corrected chi connectivity index (χ4v) is 14.4. The first-order chi connectivity index (χ1) is 49.2. The summed E-state index contributed by atoms with van der Waals surface area (Å²) in [4.78, 5) is 72.7. The molecule has 0 aliphatic carbocycles. The lowest BCUT2D eigenvalue weighted by molar-refractivity contribution is -0.161. The Bertz CT molecular complexity index is 1910. The topological polar surface area (TPSA) is 237 Å². The Morgan fingerprint density at radius 1 is 0.238 bits per heavy atom. The number of carbonyl (C=O) groups excluding carboxylic acids is 4. The van der Waals surface area contributed by atoms with Crippen LogP contribution in [0.25, 0.3) is 0 Å². The van der Waals surface area contributed by atoms with Crippen LogP contribution in [-0.2, 0) is 65.4 Å². The predicted octanol–water partition coefficient (Wildman–Crippen LogP) is 25.0. The third-order valence-electron chi connectivity index (χ3n) is 19.4. The van der Waals surface area contributed by atoms with Gasteiger partial charge in [0.2, 0.25) is 0 Å². The lowest BCUT2D eigenvalue weighted by Crippen LogP contribution is -2.30. The van der Waals surface area contributed by atoms with E-state index < -0.39 is 97.5 Å². The van der Waals surface area contributed by atoms with E-state index >= 15 is 0 Å². The molecule has 17 nitrogen and oxygen atoms in total. The van der Waals surface area contributed by atoms with Crippen molar-refractivity contribution in [2.45, 2.75) is 463 Å². The Labute approximate surface area is 619 Å². The molecule has 0 saturated heterocycles. The average Bonchev–Trinajstić information content (AvgIpc) is 1.07. The molecule has 0 heterocycles. The van der Waals surface area contributed by atoms with Gasteiger partial charge < -0.3 is 33.8 Å². The van der Waals surface area contributed by atoms with Crippen LogP contribution in [0.3, 0.4) is 0 Å². The third-order valence-corrected chi connectivity index (χ3v) is 21.3. The fourth-order valence-electron chi connectivity index (χ4n) is 12.8. The van der Waals surface area contributed by atoms with Crippen molar-refractivity contribution >= 4 is 39.5 Å². The lowest BCUT2D eigenvalue weighted by Gasteiger charge is -2.21. The van der Waals surface area contributed by atoms with Crippen LogP contribution in [0.2, 0.25) is 0 Å². The van der Waals surface area contributed by atoms with Crippen LogP contribution < -0.4 is 0 Å². The number of ether oxygens (including phenoxy) is 4. The van der Waals surface area contributed by atoms with Gasteiger partial charge in [0, 0.05) is 25.7 Å². The summed E-state index contributed by atoms with van der Waals surface area (Å²) in [5, 5.41) is 10.6. The van der Waals surface area contributed by atoms with Gasteiger partial charge in [0.25, 0.3) is 0 Å². The Kier molecular flexibility index (Phi) is 74.8. The second-order valence-corrected chi connectivity index (χ2v) is 32.4. The standard InChI is InChI=1S/C82H160O17P2/c1-5-9-13-17-20-23-26-29-31-33-35-37-39-41-43-45-48-51-54-57-61-65-69-82(87)99-78(73-93-80(85)67-63-59-55-52-49-47-44-42-40-38-36-34-32-30-27-24-21-18-14-10-6-2)75-97-101(90,91)95-71-76(83)70-94-100(88,89)96-74-77(72-92-79(84)66-62-58-16-12-8-4)98-81(86)68-64-60-56-53-50-46-28-25-22-19-15-11-7-3/h76-78,83H,5-75H2,1-4H3,(H,88,89)(H,90,91)/t76-,77+,78+/m0/s1. The monoisotopic (exact) mass is 1480 g/mol. The summed E-state index contributed by atoms with van der Waals surface area (Å²) >= 11 is 0. The van der Waals surface area contributed by atoms with Crippen molar-refractivity contribution in [2.24, 2.45) is 0 Å². The molecule has 0 bridgehead atoms. The van der Waals surface area contributed by atoms with Gasteiger partial charge in [0.05, 0.1) is 26.4 Å². The van der Waals surface area contributed by atoms with E-state index in [1.807, 2.05) is 0 Å². The van der Waals surface area contributed by atoms with E-state index in [-0.39, 0.29) is 25.7 Å². The summed E-state index contributed by atoms with van der Waals surface area (Å²) in [6.07, 6.45) is 70.1. The van der Waals surface area contributed by atoms with Crippen molar-refractivity contribution in [3.63, 3.8) is 0 Å². The van der Waals surface area contributed by atoms with Gasteiger partial charge in [-0.25, -0.2) is 9.13 Å². The van der Waals surface area contributed by atoms with Gasteiger partial charge in [-0.2, -0.15) is 0 Å². The number of phosphoric ester groups is 2. The van der Waals surface area contributed by atoms with Gasteiger partial charge >= 0.3 is 39.5 Å². The van der Waals surface area contributed by atoms with E-state index in [9.17, 15) is 43.2 Å². The summed E-state index contributed by atoms with van der Waals surface area (Å²) in [5.41, 5.74) is 0. The van der Waals surface area contributed by atoms with E-state index in [4.69, 9.17) is 37.0 Å². The van der Waals surface area contributed by atoms with Gasteiger partial charge in [-0.15, -0.1) is 0 Å². The molecule has 5 atom stereocenters. The van der Waals surface area contributed by atoms with E-state index in [1.54, 1.807) is 0 Å². The van der Waals surface area contributed by atoms with Crippen molar-refractivity contribution in [1.82, 2.24) is 0 Å². The number of hydrogen-bond acceptors (Lipinski definition) is 15. The minimum absolute atomic E-state index is 0.107. The molecule has 0 radical (unpaired) electrons. The number of phosphoric acid groups is 2. The second-order valence-electron chi connectivity index (χ2n) is 29.5. The molecule has 0 saturated carbocycles. The van der Waals surface area contributed by atoms with Crippen LogP contribution in [0, 0.1) is 0 Å². The maximum absolute atomic E-state index is 13.1. The Morgan fingerprint density at radius 3 is 0.584 bits per heavy atom. The minimum atomic E-state index is -4.96. The molecular weight excluding hydrogens is 1320 g/mol. The molecule has 101 heavy (non-hydrogen) atoms. The summed E-state index contributed by atoms with van der Waals surface area (Å²) in [7, 11) is -9.91. The average molecular weight is 1480 g/mol. The maximum Gasteiger partial charge on any atom is 0.472 e. The van der Waals surface area contributed by atoms with Crippen LogP contribution in [0.15, 0.2) is 0 Å². The maximum atomic E-state index is 13.1. The number of esters is 4. The molecule has 0 aromatic carbocycles. The molecule has 0 rings (SSSR count). The first-order valence-electron chi connectivity index (χ1n) is 42.8. The molecule has 3 N–H and O–H groups in total. The zero-order valence-electron chi connectivity index (χ0n) is 65.9. The van der Waals surface area contributed by atoms with E-state index in [2.05, 4.69) is 27.7 Å². The van der Waals surface area contributed by atoms with Crippen LogP contribution in [0.4, 0.5) is 0 Å². The summed E-state index contributed by atoms with van der Waals surface area (Å²) in [6.45, 7) is 4.93. The summed E-state index contributed by atoms with van der Waals surface area (Å²) in [5.74, 6) is -2.12. The number of aliphatic hydroxyl groups is 1. The van der Waals surface area contributed by atoms with Crippen molar-refractivity contribution in [3.05, 3.63) is 0 Å². The van der Waals surface area contributed by atoms with Gasteiger partial charge in [0.1, 0.15) is 19.3 Å². The number of hydrogen-bond donors (Lipinski definition) is 3. The van der Waals surface area contributed by atoms with Gasteiger partial charge in [0.15, 0.2) is 12.2 Å². The van der Waals surface area contributed by atoms with Crippen molar-refractivity contribution < 1.29 is 80.2 Å². The number of rotatable bonds is 83. The predicted molar refractivity (Wildman–Crippen MR) is 414 cm³/mol. The summed E-state index contributed by atoms with van der Waals surface area (Å²) < 4.78 is 68.5. The summed E-state index contributed by atoms with van der Waals surface area (Å²) in [6, 6.07) is 0. The van der Waals surface area contributed by atoms with Crippen LogP contribution in [-0.4, -0.2) is 96.7 Å². The van der Waals surface area contributed by atoms with E-state index in [0.29, 0.717) is 25.7 Å².